The number of hydrogen-bond donors (Lipinski definition) is 1. The Morgan fingerprint density at radius 3 is 2.48 bits per heavy atom. The average molecular weight is 582 g/mol. The van der Waals surface area contributed by atoms with Crippen LogP contribution >= 0.6 is 23.2 Å². The third kappa shape index (κ3) is 5.74. The van der Waals surface area contributed by atoms with E-state index in [0.29, 0.717) is 46.0 Å². The molecule has 40 heavy (non-hydrogen) atoms. The van der Waals surface area contributed by atoms with Crippen molar-refractivity contribution in [1.82, 2.24) is 15.1 Å². The molecular weight excluding hydrogens is 551 g/mol. The molecule has 3 aromatic rings. The first kappa shape index (κ1) is 27.8. The number of ether oxygens (including phenoxy) is 2. The minimum Gasteiger partial charge on any atom is -0.497 e. The molecule has 2 aliphatic rings. The minimum atomic E-state index is -0.544. The van der Waals surface area contributed by atoms with Crippen LogP contribution in [0.25, 0.3) is 0 Å². The number of nitrogens with one attached hydrogen (secondary N) is 1. The molecule has 0 aliphatic carbocycles. The highest BCUT2D eigenvalue weighted by Gasteiger charge is 2.45. The van der Waals surface area contributed by atoms with Crippen LogP contribution < -0.4 is 14.8 Å². The number of halogens is 2. The summed E-state index contributed by atoms with van der Waals surface area (Å²) in [5.74, 6) is 1.37. The van der Waals surface area contributed by atoms with E-state index in [1.165, 1.54) is 0 Å². The van der Waals surface area contributed by atoms with Gasteiger partial charge in [-0.1, -0.05) is 47.5 Å². The number of aliphatic imine (C=N–C) groups is 1. The molecule has 0 bridgehead atoms. The number of amides is 3. The van der Waals surface area contributed by atoms with Crippen LogP contribution in [0.5, 0.6) is 11.5 Å². The first-order valence-corrected chi connectivity index (χ1v) is 13.8. The van der Waals surface area contributed by atoms with Gasteiger partial charge in [-0.2, -0.15) is 0 Å². The molecule has 1 saturated heterocycles. The van der Waals surface area contributed by atoms with Crippen LogP contribution in [0.3, 0.4) is 0 Å². The molecule has 0 radical (unpaired) electrons. The Hall–Kier alpha value is -3.75. The van der Waals surface area contributed by atoms with Crippen LogP contribution in [-0.2, 0) is 4.79 Å². The van der Waals surface area contributed by atoms with Crippen molar-refractivity contribution >= 4 is 41.0 Å². The van der Waals surface area contributed by atoms with Gasteiger partial charge in [0, 0.05) is 29.2 Å². The molecule has 0 saturated carbocycles. The summed E-state index contributed by atoms with van der Waals surface area (Å²) in [7, 11) is 1.59. The third-order valence-electron chi connectivity index (χ3n) is 6.78. The van der Waals surface area contributed by atoms with E-state index in [1.807, 2.05) is 56.3 Å². The third-order valence-corrected chi connectivity index (χ3v) is 7.26. The first-order chi connectivity index (χ1) is 19.2. The van der Waals surface area contributed by atoms with Gasteiger partial charge in [0.25, 0.3) is 0 Å². The van der Waals surface area contributed by atoms with E-state index in [-0.39, 0.29) is 24.6 Å². The van der Waals surface area contributed by atoms with Gasteiger partial charge in [-0.25, -0.2) is 4.79 Å². The van der Waals surface area contributed by atoms with Crippen LogP contribution in [0, 0.1) is 0 Å². The van der Waals surface area contributed by atoms with Crippen molar-refractivity contribution in [2.75, 3.05) is 26.7 Å². The van der Waals surface area contributed by atoms with Crippen LogP contribution in [0.4, 0.5) is 4.79 Å². The van der Waals surface area contributed by atoms with Crippen molar-refractivity contribution in [1.29, 1.82) is 0 Å². The van der Waals surface area contributed by atoms with Gasteiger partial charge in [0.1, 0.15) is 29.9 Å². The molecule has 2 heterocycles. The normalized spacial score (nSPS) is 18.9. The van der Waals surface area contributed by atoms with Crippen LogP contribution in [-0.4, -0.2) is 60.4 Å². The summed E-state index contributed by atoms with van der Waals surface area (Å²) in [6.07, 6.45) is -0.140. The molecule has 1 N–H and O–H groups in total. The molecule has 5 rings (SSSR count). The van der Waals surface area contributed by atoms with Crippen molar-refractivity contribution in [3.8, 4) is 11.5 Å². The Kier molecular flexibility index (Phi) is 8.19. The van der Waals surface area contributed by atoms with Gasteiger partial charge < -0.3 is 19.7 Å². The van der Waals surface area contributed by atoms with Gasteiger partial charge >= 0.3 is 6.03 Å². The zero-order valence-electron chi connectivity index (χ0n) is 22.4. The summed E-state index contributed by atoms with van der Waals surface area (Å²) in [6.45, 7) is 4.57. The van der Waals surface area contributed by atoms with Crippen molar-refractivity contribution in [2.24, 2.45) is 4.99 Å². The van der Waals surface area contributed by atoms with Gasteiger partial charge in [-0.3, -0.25) is 14.7 Å². The van der Waals surface area contributed by atoms with Gasteiger partial charge in [0.15, 0.2) is 0 Å². The highest BCUT2D eigenvalue weighted by molar-refractivity contribution is 6.30. The van der Waals surface area contributed by atoms with E-state index in [2.05, 4.69) is 5.32 Å². The Morgan fingerprint density at radius 2 is 1.80 bits per heavy atom. The van der Waals surface area contributed by atoms with Crippen LogP contribution in [0.15, 0.2) is 71.7 Å². The monoisotopic (exact) mass is 580 g/mol. The number of hydrogen-bond acceptors (Lipinski definition) is 5. The van der Waals surface area contributed by atoms with Gasteiger partial charge in [-0.15, -0.1) is 0 Å². The summed E-state index contributed by atoms with van der Waals surface area (Å²) in [5.41, 5.74) is 2.31. The molecule has 2 atom stereocenters. The lowest BCUT2D eigenvalue weighted by Gasteiger charge is -2.36. The summed E-state index contributed by atoms with van der Waals surface area (Å²) in [4.78, 5) is 35.0. The van der Waals surface area contributed by atoms with Gasteiger partial charge in [-0.05, 0) is 61.4 Å². The summed E-state index contributed by atoms with van der Waals surface area (Å²) >= 11 is 12.7. The van der Waals surface area contributed by atoms with Gasteiger partial charge in [0.05, 0.1) is 24.8 Å². The number of rotatable bonds is 6. The van der Waals surface area contributed by atoms with Crippen molar-refractivity contribution < 1.29 is 19.1 Å². The number of nitrogens with zero attached hydrogens (tertiary/aromatic N) is 3. The Morgan fingerprint density at radius 1 is 1.02 bits per heavy atom. The standard InChI is InChI=1S/C30H30Cl2N4O4/c1-18(2)40-25-16-23(39-3)11-12-24(25)29-34-27(20-5-4-6-22(32)15-20)28(19-7-9-21(31)10-8-19)36(29)30(38)35-14-13-33-26(37)17-35/h4-12,15-16,18,27-28H,13-14,17H2,1-3H3,(H,33,37)/t27-,28+/m0/s1. The lowest BCUT2D eigenvalue weighted by Crippen LogP contribution is -2.55. The second kappa shape index (κ2) is 11.8. The first-order valence-electron chi connectivity index (χ1n) is 13.0. The maximum atomic E-state index is 14.4. The fraction of sp³-hybridized carbons (Fsp3) is 0.300. The molecule has 2 aliphatic heterocycles. The van der Waals surface area contributed by atoms with Crippen molar-refractivity contribution in [3.63, 3.8) is 0 Å². The summed E-state index contributed by atoms with van der Waals surface area (Å²) in [5, 5.41) is 3.93. The van der Waals surface area contributed by atoms with Gasteiger partial charge in [0.2, 0.25) is 5.91 Å². The molecule has 10 heteroatoms. The summed E-state index contributed by atoms with van der Waals surface area (Å²) in [6, 6.07) is 18.9. The fourth-order valence-electron chi connectivity index (χ4n) is 5.01. The highest BCUT2D eigenvalue weighted by atomic mass is 35.5. The number of urea groups is 1. The fourth-order valence-corrected chi connectivity index (χ4v) is 5.33. The van der Waals surface area contributed by atoms with Crippen LogP contribution in [0.2, 0.25) is 10.0 Å². The van der Waals surface area contributed by atoms with E-state index in [0.717, 1.165) is 11.1 Å². The molecule has 1 fully saturated rings. The number of piperazine rings is 1. The topological polar surface area (TPSA) is 83.5 Å². The molecule has 0 aromatic heterocycles. The smallest absolute Gasteiger partial charge is 0.326 e. The second-order valence-corrected chi connectivity index (χ2v) is 10.8. The number of carbonyl (C=O) groups is 2. The maximum absolute atomic E-state index is 14.4. The Bertz CT molecular complexity index is 1440. The molecule has 208 valence electrons. The maximum Gasteiger partial charge on any atom is 0.326 e. The SMILES string of the molecule is COc1ccc(C2=N[C@@H](c3cccc(Cl)c3)[C@@H](c3ccc(Cl)cc3)N2C(=O)N2CCNC(=O)C2)c(OC(C)C)c1. The Labute approximate surface area is 243 Å². The van der Waals surface area contributed by atoms with E-state index in [1.54, 1.807) is 41.2 Å². The predicted molar refractivity (Wildman–Crippen MR) is 155 cm³/mol. The second-order valence-electron chi connectivity index (χ2n) is 9.90. The molecule has 3 aromatic carbocycles. The Balaban J connectivity index is 1.72. The summed E-state index contributed by atoms with van der Waals surface area (Å²) < 4.78 is 11.7. The average Bonchev–Trinajstić information content (AvgIpc) is 3.33. The lowest BCUT2D eigenvalue weighted by atomic mass is 9.93. The van der Waals surface area contributed by atoms with E-state index < -0.39 is 12.1 Å². The zero-order chi connectivity index (χ0) is 28.4. The minimum absolute atomic E-state index is 0.0459. The molecule has 0 unspecified atom stereocenters. The van der Waals surface area contributed by atoms with Crippen molar-refractivity contribution in [3.05, 3.63) is 93.5 Å². The number of amidine groups is 1. The predicted octanol–water partition coefficient (Wildman–Crippen LogP) is 5.89. The quantitative estimate of drug-likeness (QED) is 0.394. The molecular formula is C30H30Cl2N4O4. The van der Waals surface area contributed by atoms with E-state index >= 15 is 0 Å². The lowest BCUT2D eigenvalue weighted by molar-refractivity contribution is -0.123. The van der Waals surface area contributed by atoms with E-state index in [9.17, 15) is 9.59 Å². The molecule has 3 amide bonds. The van der Waals surface area contributed by atoms with Crippen molar-refractivity contribution in [2.45, 2.75) is 32.0 Å². The number of methoxy groups -OCH3 is 1. The highest BCUT2D eigenvalue weighted by Crippen LogP contribution is 2.46. The largest absolute Gasteiger partial charge is 0.497 e. The zero-order valence-corrected chi connectivity index (χ0v) is 23.9. The number of carbonyl (C=O) groups excluding carboxylic acids is 2. The van der Waals surface area contributed by atoms with Crippen LogP contribution in [0.1, 0.15) is 42.6 Å². The molecule has 0 spiro atoms. The molecule has 8 nitrogen and oxygen atoms in total. The van der Waals surface area contributed by atoms with E-state index in [4.69, 9.17) is 37.7 Å². The number of benzene rings is 3.